The third kappa shape index (κ3) is 2.45. The molecule has 0 aromatic heterocycles. The van der Waals surface area contributed by atoms with Gasteiger partial charge in [0.05, 0.1) is 0 Å². The lowest BCUT2D eigenvalue weighted by molar-refractivity contribution is -0.188. The number of cyclic esters (lactones) is 2. The summed E-state index contributed by atoms with van der Waals surface area (Å²) in [7, 11) is 0. The van der Waals surface area contributed by atoms with E-state index in [9.17, 15) is 9.59 Å². The van der Waals surface area contributed by atoms with Gasteiger partial charge in [0.2, 0.25) is 0 Å². The molecule has 0 amide bonds. The normalized spacial score (nSPS) is 24.8. The highest BCUT2D eigenvalue weighted by Crippen LogP contribution is 2.48. The summed E-state index contributed by atoms with van der Waals surface area (Å²) in [5, 5.41) is 0. The Kier molecular flexibility index (Phi) is 4.08. The molecule has 0 unspecified atom stereocenters. The topological polar surface area (TPSA) is 43.4 Å². The molecule has 1 aliphatic heterocycles. The number of rotatable bonds is 5. The average molecular weight is 252 g/mol. The van der Waals surface area contributed by atoms with Gasteiger partial charge in [-0.25, -0.2) is 0 Å². The minimum absolute atomic E-state index is 0.251. The van der Waals surface area contributed by atoms with Crippen LogP contribution < -0.4 is 0 Å². The van der Waals surface area contributed by atoms with Crippen LogP contribution in [0, 0.1) is 17.3 Å². The van der Waals surface area contributed by atoms with Gasteiger partial charge in [-0.15, -0.1) is 0 Å². The first-order valence-corrected chi connectivity index (χ1v) is 7.37. The quantitative estimate of drug-likeness (QED) is 0.556. The highest BCUT2D eigenvalue weighted by molar-refractivity contribution is 6.09. The van der Waals surface area contributed by atoms with E-state index in [0.717, 1.165) is 12.8 Å². The maximum absolute atomic E-state index is 11.3. The zero-order valence-corrected chi connectivity index (χ0v) is 11.5. The molecular formula is C15H24O3. The molecule has 0 aromatic carbocycles. The van der Waals surface area contributed by atoms with Crippen molar-refractivity contribution in [2.75, 3.05) is 0 Å². The van der Waals surface area contributed by atoms with Crippen LogP contribution in [0.3, 0.4) is 0 Å². The Morgan fingerprint density at radius 3 is 1.94 bits per heavy atom. The third-order valence-corrected chi connectivity index (χ3v) is 4.83. The zero-order valence-electron chi connectivity index (χ0n) is 11.5. The van der Waals surface area contributed by atoms with Crippen molar-refractivity contribution >= 4 is 11.9 Å². The summed E-state index contributed by atoms with van der Waals surface area (Å²) in [4.78, 5) is 22.6. The smallest absolute Gasteiger partial charge is 0.328 e. The van der Waals surface area contributed by atoms with E-state index in [1.165, 1.54) is 38.5 Å². The Hall–Kier alpha value is -0.860. The molecule has 2 rings (SSSR count). The maximum atomic E-state index is 11.3. The van der Waals surface area contributed by atoms with E-state index < -0.39 is 5.92 Å². The van der Waals surface area contributed by atoms with Crippen LogP contribution in [-0.4, -0.2) is 11.9 Å². The molecule has 0 atom stereocenters. The first-order valence-electron chi connectivity index (χ1n) is 7.37. The number of esters is 2. The molecule has 2 fully saturated rings. The van der Waals surface area contributed by atoms with E-state index in [4.69, 9.17) is 0 Å². The largest absolute Gasteiger partial charge is 0.392 e. The number of carbonyl (C=O) groups excluding carboxylic acids is 2. The molecule has 0 N–H and O–H groups in total. The van der Waals surface area contributed by atoms with E-state index >= 15 is 0 Å². The fourth-order valence-electron chi connectivity index (χ4n) is 3.92. The first kappa shape index (κ1) is 13.6. The predicted octanol–water partition coefficient (Wildman–Crippen LogP) is 3.46. The van der Waals surface area contributed by atoms with Crippen LogP contribution in [0.2, 0.25) is 0 Å². The second kappa shape index (κ2) is 5.41. The highest BCUT2D eigenvalue weighted by Gasteiger charge is 2.49. The molecule has 0 spiro atoms. The molecule has 3 heteroatoms. The summed E-state index contributed by atoms with van der Waals surface area (Å²) in [5.74, 6) is -0.751. The molecule has 0 aromatic rings. The van der Waals surface area contributed by atoms with Crippen LogP contribution in [0.15, 0.2) is 0 Å². The Morgan fingerprint density at radius 1 is 1.06 bits per heavy atom. The van der Waals surface area contributed by atoms with E-state index in [1.807, 2.05) is 0 Å². The summed E-state index contributed by atoms with van der Waals surface area (Å²) in [6, 6.07) is 0. The Morgan fingerprint density at radius 2 is 1.56 bits per heavy atom. The molecule has 2 aliphatic rings. The standard InChI is InChI=1S/C15H24O3/c1-3-7-15(8-4-2)9-5-11(6-10-15)12-13(16)18-14(12)17/h11-12H,3-10H2,1-2H3. The van der Waals surface area contributed by atoms with E-state index in [-0.39, 0.29) is 17.9 Å². The Balaban J connectivity index is 1.93. The van der Waals surface area contributed by atoms with Gasteiger partial charge in [-0.2, -0.15) is 0 Å². The summed E-state index contributed by atoms with van der Waals surface area (Å²) in [5.41, 5.74) is 0.483. The molecule has 0 radical (unpaired) electrons. The fraction of sp³-hybridized carbons (Fsp3) is 0.867. The minimum atomic E-state index is -0.425. The molecular weight excluding hydrogens is 228 g/mol. The molecule has 1 aliphatic carbocycles. The van der Waals surface area contributed by atoms with Crippen molar-refractivity contribution in [3.63, 3.8) is 0 Å². The minimum Gasteiger partial charge on any atom is -0.392 e. The lowest BCUT2D eigenvalue weighted by Gasteiger charge is -2.42. The van der Waals surface area contributed by atoms with Gasteiger partial charge < -0.3 is 4.74 Å². The Labute approximate surface area is 109 Å². The summed E-state index contributed by atoms with van der Waals surface area (Å²) in [6.45, 7) is 4.49. The summed E-state index contributed by atoms with van der Waals surface area (Å²) < 4.78 is 4.47. The maximum Gasteiger partial charge on any atom is 0.328 e. The van der Waals surface area contributed by atoms with Gasteiger partial charge in [-0.3, -0.25) is 9.59 Å². The van der Waals surface area contributed by atoms with Crippen LogP contribution in [0.1, 0.15) is 65.2 Å². The number of hydrogen-bond donors (Lipinski definition) is 0. The van der Waals surface area contributed by atoms with Crippen molar-refractivity contribution in [3.05, 3.63) is 0 Å². The molecule has 18 heavy (non-hydrogen) atoms. The van der Waals surface area contributed by atoms with Crippen LogP contribution >= 0.6 is 0 Å². The van der Waals surface area contributed by atoms with Crippen molar-refractivity contribution < 1.29 is 14.3 Å². The Bertz CT molecular complexity index is 305. The van der Waals surface area contributed by atoms with E-state index in [1.54, 1.807) is 0 Å². The van der Waals surface area contributed by atoms with Crippen LogP contribution in [0.5, 0.6) is 0 Å². The molecule has 1 heterocycles. The van der Waals surface area contributed by atoms with Gasteiger partial charge in [-0.1, -0.05) is 26.7 Å². The molecule has 1 saturated carbocycles. The molecule has 0 bridgehead atoms. The van der Waals surface area contributed by atoms with Crippen LogP contribution in [-0.2, 0) is 14.3 Å². The van der Waals surface area contributed by atoms with E-state index in [0.29, 0.717) is 5.41 Å². The number of ether oxygens (including phenoxy) is 1. The van der Waals surface area contributed by atoms with Crippen molar-refractivity contribution in [3.8, 4) is 0 Å². The van der Waals surface area contributed by atoms with Gasteiger partial charge in [0, 0.05) is 0 Å². The summed E-state index contributed by atoms with van der Waals surface area (Å²) in [6.07, 6.45) is 9.43. The van der Waals surface area contributed by atoms with Crippen LogP contribution in [0.4, 0.5) is 0 Å². The molecule has 3 nitrogen and oxygen atoms in total. The lowest BCUT2D eigenvalue weighted by Crippen LogP contribution is -2.47. The number of carbonyl (C=O) groups is 2. The van der Waals surface area contributed by atoms with Gasteiger partial charge in [0.1, 0.15) is 0 Å². The monoisotopic (exact) mass is 252 g/mol. The van der Waals surface area contributed by atoms with Crippen molar-refractivity contribution in [2.24, 2.45) is 17.3 Å². The van der Waals surface area contributed by atoms with Crippen LogP contribution in [0.25, 0.3) is 0 Å². The van der Waals surface area contributed by atoms with Gasteiger partial charge >= 0.3 is 11.9 Å². The van der Waals surface area contributed by atoms with Gasteiger partial charge in [-0.05, 0) is 49.9 Å². The fourth-order valence-corrected chi connectivity index (χ4v) is 3.92. The highest BCUT2D eigenvalue weighted by atomic mass is 16.6. The summed E-state index contributed by atoms with van der Waals surface area (Å²) >= 11 is 0. The third-order valence-electron chi connectivity index (χ3n) is 4.83. The SMILES string of the molecule is CCCC1(CCC)CCC(C2C(=O)OC2=O)CC1. The first-order chi connectivity index (χ1) is 8.62. The lowest BCUT2D eigenvalue weighted by atomic mass is 9.63. The van der Waals surface area contributed by atoms with Gasteiger partial charge in [0.25, 0.3) is 0 Å². The van der Waals surface area contributed by atoms with Crippen molar-refractivity contribution in [2.45, 2.75) is 65.2 Å². The van der Waals surface area contributed by atoms with Crippen molar-refractivity contribution in [1.82, 2.24) is 0 Å². The second-order valence-corrected chi connectivity index (χ2v) is 6.06. The molecule has 102 valence electrons. The van der Waals surface area contributed by atoms with Crippen molar-refractivity contribution in [1.29, 1.82) is 0 Å². The predicted molar refractivity (Wildman–Crippen MR) is 68.8 cm³/mol. The van der Waals surface area contributed by atoms with Gasteiger partial charge in [0.15, 0.2) is 5.92 Å². The zero-order chi connectivity index (χ0) is 13.2. The van der Waals surface area contributed by atoms with E-state index in [2.05, 4.69) is 18.6 Å². The number of hydrogen-bond acceptors (Lipinski definition) is 3. The molecule has 1 saturated heterocycles. The second-order valence-electron chi connectivity index (χ2n) is 6.06. The average Bonchev–Trinajstić information content (AvgIpc) is 2.33.